The van der Waals surface area contributed by atoms with E-state index in [0.29, 0.717) is 24.7 Å². The van der Waals surface area contributed by atoms with Crippen molar-refractivity contribution in [3.63, 3.8) is 0 Å². The van der Waals surface area contributed by atoms with Crippen molar-refractivity contribution >= 4 is 5.97 Å². The molecule has 1 atom stereocenters. The topological polar surface area (TPSA) is 47.6 Å². The second kappa shape index (κ2) is 6.40. The molecule has 1 aliphatic heterocycles. The van der Waals surface area contributed by atoms with E-state index in [1.54, 1.807) is 19.1 Å². The van der Waals surface area contributed by atoms with Crippen LogP contribution in [0.3, 0.4) is 0 Å². The summed E-state index contributed by atoms with van der Waals surface area (Å²) in [6.45, 7) is 4.96. The van der Waals surface area contributed by atoms with E-state index in [1.807, 2.05) is 12.1 Å². The summed E-state index contributed by atoms with van der Waals surface area (Å²) >= 11 is 0. The smallest absolute Gasteiger partial charge is 0.338 e. The fourth-order valence-electron chi connectivity index (χ4n) is 2.00. The van der Waals surface area contributed by atoms with Gasteiger partial charge in [-0.05, 0) is 38.1 Å². The van der Waals surface area contributed by atoms with Crippen LogP contribution in [0.15, 0.2) is 24.3 Å². The highest BCUT2D eigenvalue weighted by Gasteiger charge is 2.15. The second-order valence-corrected chi connectivity index (χ2v) is 4.42. The van der Waals surface area contributed by atoms with Gasteiger partial charge < -0.3 is 14.8 Å². The van der Waals surface area contributed by atoms with Crippen molar-refractivity contribution in [2.45, 2.75) is 13.3 Å². The lowest BCUT2D eigenvalue weighted by Gasteiger charge is -2.11. The van der Waals surface area contributed by atoms with Crippen LogP contribution in [-0.2, 0) is 4.74 Å². The largest absolute Gasteiger partial charge is 0.493 e. The molecule has 1 heterocycles. The van der Waals surface area contributed by atoms with Crippen LogP contribution in [0.2, 0.25) is 0 Å². The molecule has 1 saturated heterocycles. The minimum atomic E-state index is -0.300. The molecule has 0 bridgehead atoms. The molecule has 98 valence electrons. The Morgan fingerprint density at radius 3 is 3.11 bits per heavy atom. The predicted molar refractivity (Wildman–Crippen MR) is 68.9 cm³/mol. The molecular weight excluding hydrogens is 230 g/mol. The molecule has 0 amide bonds. The minimum Gasteiger partial charge on any atom is -0.493 e. The molecule has 18 heavy (non-hydrogen) atoms. The first-order valence-corrected chi connectivity index (χ1v) is 6.40. The van der Waals surface area contributed by atoms with Crippen molar-refractivity contribution in [3.05, 3.63) is 29.8 Å². The Balaban J connectivity index is 1.91. The molecule has 0 saturated carbocycles. The Labute approximate surface area is 107 Å². The van der Waals surface area contributed by atoms with E-state index in [4.69, 9.17) is 9.47 Å². The third kappa shape index (κ3) is 3.47. The van der Waals surface area contributed by atoms with Gasteiger partial charge >= 0.3 is 5.97 Å². The number of carbonyl (C=O) groups excluding carboxylic acids is 1. The van der Waals surface area contributed by atoms with Gasteiger partial charge in [-0.1, -0.05) is 6.07 Å². The van der Waals surface area contributed by atoms with Crippen molar-refractivity contribution in [2.75, 3.05) is 26.3 Å². The molecule has 0 unspecified atom stereocenters. The van der Waals surface area contributed by atoms with Crippen molar-refractivity contribution < 1.29 is 14.3 Å². The van der Waals surface area contributed by atoms with Crippen molar-refractivity contribution in [3.8, 4) is 5.75 Å². The van der Waals surface area contributed by atoms with Gasteiger partial charge in [0, 0.05) is 12.5 Å². The quantitative estimate of drug-likeness (QED) is 0.809. The molecule has 1 N–H and O–H groups in total. The van der Waals surface area contributed by atoms with Crippen LogP contribution >= 0.6 is 0 Å². The van der Waals surface area contributed by atoms with Crippen LogP contribution in [0.1, 0.15) is 23.7 Å². The maximum Gasteiger partial charge on any atom is 0.338 e. The van der Waals surface area contributed by atoms with Gasteiger partial charge in [0.05, 0.1) is 18.8 Å². The summed E-state index contributed by atoms with van der Waals surface area (Å²) in [5.41, 5.74) is 0.541. The van der Waals surface area contributed by atoms with E-state index in [0.717, 1.165) is 25.3 Å². The van der Waals surface area contributed by atoms with Crippen LogP contribution in [0, 0.1) is 5.92 Å². The average molecular weight is 249 g/mol. The average Bonchev–Trinajstić information content (AvgIpc) is 2.90. The van der Waals surface area contributed by atoms with E-state index >= 15 is 0 Å². The number of esters is 1. The van der Waals surface area contributed by atoms with Crippen LogP contribution in [0.5, 0.6) is 5.75 Å². The van der Waals surface area contributed by atoms with Gasteiger partial charge in [0.1, 0.15) is 5.75 Å². The highest BCUT2D eigenvalue weighted by molar-refractivity contribution is 5.89. The Morgan fingerprint density at radius 1 is 1.50 bits per heavy atom. The Kier molecular flexibility index (Phi) is 4.59. The van der Waals surface area contributed by atoms with E-state index in [9.17, 15) is 4.79 Å². The summed E-state index contributed by atoms with van der Waals surface area (Å²) in [7, 11) is 0. The normalized spacial score (nSPS) is 18.6. The summed E-state index contributed by atoms with van der Waals surface area (Å²) in [6, 6.07) is 7.15. The van der Waals surface area contributed by atoms with Crippen LogP contribution in [-0.4, -0.2) is 32.3 Å². The monoisotopic (exact) mass is 249 g/mol. The molecule has 0 radical (unpaired) electrons. The van der Waals surface area contributed by atoms with Gasteiger partial charge in [-0.25, -0.2) is 4.79 Å². The fourth-order valence-corrected chi connectivity index (χ4v) is 2.00. The number of ether oxygens (including phenoxy) is 2. The minimum absolute atomic E-state index is 0.300. The van der Waals surface area contributed by atoms with Gasteiger partial charge in [-0.15, -0.1) is 0 Å². The lowest BCUT2D eigenvalue weighted by Crippen LogP contribution is -2.15. The first-order chi connectivity index (χ1) is 8.79. The highest BCUT2D eigenvalue weighted by Crippen LogP contribution is 2.16. The van der Waals surface area contributed by atoms with Crippen LogP contribution in [0.4, 0.5) is 0 Å². The third-order valence-corrected chi connectivity index (χ3v) is 2.99. The zero-order valence-electron chi connectivity index (χ0n) is 10.6. The van der Waals surface area contributed by atoms with Crippen molar-refractivity contribution in [1.82, 2.24) is 5.32 Å². The zero-order valence-corrected chi connectivity index (χ0v) is 10.6. The van der Waals surface area contributed by atoms with Crippen LogP contribution in [0.25, 0.3) is 0 Å². The summed E-state index contributed by atoms with van der Waals surface area (Å²) in [4.78, 5) is 11.6. The zero-order chi connectivity index (χ0) is 12.8. The fraction of sp³-hybridized carbons (Fsp3) is 0.500. The van der Waals surface area contributed by atoms with Gasteiger partial charge in [0.25, 0.3) is 0 Å². The number of rotatable bonds is 5. The molecule has 1 aromatic carbocycles. The number of hydrogen-bond acceptors (Lipinski definition) is 4. The van der Waals surface area contributed by atoms with E-state index in [2.05, 4.69) is 5.32 Å². The van der Waals surface area contributed by atoms with Gasteiger partial charge in [0.15, 0.2) is 0 Å². The molecule has 2 rings (SSSR count). The molecule has 0 aromatic heterocycles. The maximum atomic E-state index is 11.6. The predicted octanol–water partition coefficient (Wildman–Crippen LogP) is 1.85. The number of carbonyl (C=O) groups is 1. The summed E-state index contributed by atoms with van der Waals surface area (Å²) in [5, 5.41) is 3.30. The highest BCUT2D eigenvalue weighted by atomic mass is 16.5. The van der Waals surface area contributed by atoms with E-state index in [1.165, 1.54) is 0 Å². The number of benzene rings is 1. The lowest BCUT2D eigenvalue weighted by atomic mass is 10.1. The molecule has 4 heteroatoms. The SMILES string of the molecule is CCOC(=O)c1cccc(OC[C@@H]2CCNC2)c1. The first kappa shape index (κ1) is 12.9. The molecule has 1 aliphatic rings. The molecule has 4 nitrogen and oxygen atoms in total. The Hall–Kier alpha value is -1.55. The van der Waals surface area contributed by atoms with Crippen molar-refractivity contribution in [1.29, 1.82) is 0 Å². The van der Waals surface area contributed by atoms with E-state index in [-0.39, 0.29) is 5.97 Å². The van der Waals surface area contributed by atoms with Crippen molar-refractivity contribution in [2.24, 2.45) is 5.92 Å². The van der Waals surface area contributed by atoms with Gasteiger partial charge in [-0.2, -0.15) is 0 Å². The molecule has 0 aliphatic carbocycles. The maximum absolute atomic E-state index is 11.6. The Morgan fingerprint density at radius 2 is 2.39 bits per heavy atom. The van der Waals surface area contributed by atoms with Crippen LogP contribution < -0.4 is 10.1 Å². The second-order valence-electron chi connectivity index (χ2n) is 4.42. The third-order valence-electron chi connectivity index (χ3n) is 2.99. The summed E-state index contributed by atoms with van der Waals surface area (Å²) in [6.07, 6.45) is 1.15. The number of hydrogen-bond donors (Lipinski definition) is 1. The van der Waals surface area contributed by atoms with E-state index < -0.39 is 0 Å². The van der Waals surface area contributed by atoms with Gasteiger partial charge in [-0.3, -0.25) is 0 Å². The molecular formula is C14H19NO3. The lowest BCUT2D eigenvalue weighted by molar-refractivity contribution is 0.0526. The molecule has 1 fully saturated rings. The summed E-state index contributed by atoms with van der Waals surface area (Å²) in [5.74, 6) is 0.995. The first-order valence-electron chi connectivity index (χ1n) is 6.40. The summed E-state index contributed by atoms with van der Waals surface area (Å²) < 4.78 is 10.7. The number of nitrogens with one attached hydrogen (secondary N) is 1. The molecule has 0 spiro atoms. The Bertz CT molecular complexity index is 400. The standard InChI is InChI=1S/C14H19NO3/c1-2-17-14(16)12-4-3-5-13(8-12)18-10-11-6-7-15-9-11/h3-5,8,11,15H,2,6-7,9-10H2,1H3/t11-/m1/s1. The molecule has 1 aromatic rings. The van der Waals surface area contributed by atoms with Gasteiger partial charge in [0.2, 0.25) is 0 Å².